The molecule has 0 radical (unpaired) electrons. The molecule has 37 heavy (non-hydrogen) atoms. The molecule has 8 heteroatoms. The lowest BCUT2D eigenvalue weighted by molar-refractivity contribution is -0.127. The molecule has 2 amide bonds. The van der Waals surface area contributed by atoms with Gasteiger partial charge in [0.05, 0.1) is 13.2 Å². The van der Waals surface area contributed by atoms with Gasteiger partial charge in [0.25, 0.3) is 5.91 Å². The summed E-state index contributed by atoms with van der Waals surface area (Å²) < 4.78 is 5.46. The SMILES string of the molecule is COc1cccc2[nH]c(C(=O)N3CC4(CCCCC4)CC3C(=O)NC(C#N)CC3CCCCC3=O)cc12. The molecule has 0 bridgehead atoms. The number of amides is 2. The van der Waals surface area contributed by atoms with Crippen molar-refractivity contribution in [3.8, 4) is 11.8 Å². The van der Waals surface area contributed by atoms with Crippen LogP contribution >= 0.6 is 0 Å². The van der Waals surface area contributed by atoms with Crippen molar-refractivity contribution in [2.75, 3.05) is 13.7 Å². The minimum Gasteiger partial charge on any atom is -0.496 e. The molecule has 2 N–H and O–H groups in total. The molecule has 3 aliphatic rings. The number of aromatic amines is 1. The molecule has 1 aromatic carbocycles. The van der Waals surface area contributed by atoms with Gasteiger partial charge in [-0.25, -0.2) is 0 Å². The first-order valence-corrected chi connectivity index (χ1v) is 13.6. The number of hydrogen-bond acceptors (Lipinski definition) is 5. The van der Waals surface area contributed by atoms with Crippen LogP contribution in [0.5, 0.6) is 5.75 Å². The smallest absolute Gasteiger partial charge is 0.271 e. The predicted molar refractivity (Wildman–Crippen MR) is 139 cm³/mol. The molecule has 2 heterocycles. The van der Waals surface area contributed by atoms with Crippen molar-refractivity contribution in [2.24, 2.45) is 11.3 Å². The van der Waals surface area contributed by atoms with Crippen LogP contribution < -0.4 is 10.1 Å². The van der Waals surface area contributed by atoms with Crippen molar-refractivity contribution < 1.29 is 19.1 Å². The van der Waals surface area contributed by atoms with Crippen LogP contribution in [-0.4, -0.2) is 53.2 Å². The lowest BCUT2D eigenvalue weighted by atomic mass is 9.72. The summed E-state index contributed by atoms with van der Waals surface area (Å²) in [4.78, 5) is 44.7. The number of carbonyl (C=O) groups is 3. The lowest BCUT2D eigenvalue weighted by Crippen LogP contribution is -2.49. The molecule has 3 atom stereocenters. The highest BCUT2D eigenvalue weighted by Crippen LogP contribution is 2.47. The first-order valence-electron chi connectivity index (χ1n) is 13.6. The standard InChI is InChI=1S/C29H36N4O4/c1-37-26-11-7-9-22-21(26)15-23(32-22)28(36)33-18-29(12-5-2-6-13-29)16-24(33)27(35)31-20(17-30)14-19-8-3-4-10-25(19)34/h7,9,11,15,19-20,24,32H,2-6,8,10,12-14,16,18H2,1H3,(H,31,35). The summed E-state index contributed by atoms with van der Waals surface area (Å²) in [6.07, 6.45) is 9.54. The van der Waals surface area contributed by atoms with Gasteiger partial charge in [0.1, 0.15) is 29.3 Å². The normalized spacial score (nSPS) is 24.1. The molecule has 5 rings (SSSR count). The van der Waals surface area contributed by atoms with Crippen molar-refractivity contribution in [1.29, 1.82) is 5.26 Å². The van der Waals surface area contributed by atoms with Gasteiger partial charge in [0.15, 0.2) is 0 Å². The summed E-state index contributed by atoms with van der Waals surface area (Å²) >= 11 is 0. The molecular formula is C29H36N4O4. The first kappa shape index (κ1) is 25.3. The maximum absolute atomic E-state index is 13.8. The summed E-state index contributed by atoms with van der Waals surface area (Å²) in [6, 6.07) is 8.23. The molecule has 2 saturated carbocycles. The van der Waals surface area contributed by atoms with Crippen molar-refractivity contribution in [2.45, 2.75) is 82.7 Å². The van der Waals surface area contributed by atoms with E-state index in [2.05, 4.69) is 16.4 Å². The minimum absolute atomic E-state index is 0.0684. The summed E-state index contributed by atoms with van der Waals surface area (Å²) in [6.45, 7) is 0.536. The molecule has 1 aromatic heterocycles. The summed E-state index contributed by atoms with van der Waals surface area (Å²) in [5.74, 6) is 0.192. The number of likely N-dealkylation sites (tertiary alicyclic amines) is 1. The molecule has 3 unspecified atom stereocenters. The van der Waals surface area contributed by atoms with Crippen LogP contribution in [0.2, 0.25) is 0 Å². The Morgan fingerprint density at radius 2 is 2.05 bits per heavy atom. The van der Waals surface area contributed by atoms with E-state index >= 15 is 0 Å². The van der Waals surface area contributed by atoms with E-state index in [0.29, 0.717) is 37.3 Å². The Hall–Kier alpha value is -3.34. The Kier molecular flexibility index (Phi) is 7.23. The van der Waals surface area contributed by atoms with Gasteiger partial charge in [-0.2, -0.15) is 5.26 Å². The second kappa shape index (κ2) is 10.6. The zero-order chi connectivity index (χ0) is 26.0. The number of nitrogens with one attached hydrogen (secondary N) is 2. The number of aromatic nitrogens is 1. The monoisotopic (exact) mass is 504 g/mol. The van der Waals surface area contributed by atoms with E-state index in [1.54, 1.807) is 18.1 Å². The highest BCUT2D eigenvalue weighted by Gasteiger charge is 2.49. The maximum Gasteiger partial charge on any atom is 0.271 e. The first-order chi connectivity index (χ1) is 17.9. The number of ketones is 1. The Balaban J connectivity index is 1.38. The average molecular weight is 505 g/mol. The van der Waals surface area contributed by atoms with E-state index in [-0.39, 0.29) is 28.9 Å². The number of ether oxygens (including phenoxy) is 1. The molecule has 1 aliphatic heterocycles. The summed E-state index contributed by atoms with van der Waals surface area (Å²) in [7, 11) is 1.60. The third-order valence-electron chi connectivity index (χ3n) is 8.73. The number of benzene rings is 1. The van der Waals surface area contributed by atoms with Crippen molar-refractivity contribution in [1.82, 2.24) is 15.2 Å². The highest BCUT2D eigenvalue weighted by molar-refractivity contribution is 6.02. The number of nitrogens with zero attached hydrogens (tertiary/aromatic N) is 2. The van der Waals surface area contributed by atoms with E-state index in [4.69, 9.17) is 4.74 Å². The van der Waals surface area contributed by atoms with Gasteiger partial charge in [-0.05, 0) is 62.1 Å². The largest absolute Gasteiger partial charge is 0.496 e. The second-order valence-electron chi connectivity index (χ2n) is 11.2. The van der Waals surface area contributed by atoms with Gasteiger partial charge < -0.3 is 19.9 Å². The molecule has 8 nitrogen and oxygen atoms in total. The molecular weight excluding hydrogens is 468 g/mol. The Labute approximate surface area is 217 Å². The zero-order valence-electron chi connectivity index (χ0n) is 21.6. The molecule has 2 aromatic rings. The van der Waals surface area contributed by atoms with Gasteiger partial charge in [0, 0.05) is 29.8 Å². The van der Waals surface area contributed by atoms with Crippen molar-refractivity contribution >= 4 is 28.5 Å². The molecule has 3 fully saturated rings. The molecule has 2 aliphatic carbocycles. The van der Waals surface area contributed by atoms with E-state index in [0.717, 1.165) is 55.8 Å². The number of methoxy groups -OCH3 is 1. The number of carbonyl (C=O) groups excluding carboxylic acids is 3. The number of hydrogen-bond donors (Lipinski definition) is 2. The fraction of sp³-hybridized carbons (Fsp3) is 0.586. The van der Waals surface area contributed by atoms with Gasteiger partial charge >= 0.3 is 0 Å². The van der Waals surface area contributed by atoms with Crippen LogP contribution in [0, 0.1) is 22.7 Å². The van der Waals surface area contributed by atoms with Crippen molar-refractivity contribution in [3.05, 3.63) is 30.0 Å². The predicted octanol–water partition coefficient (Wildman–Crippen LogP) is 4.50. The Morgan fingerprint density at radius 1 is 1.24 bits per heavy atom. The molecule has 1 spiro atoms. The highest BCUT2D eigenvalue weighted by atomic mass is 16.5. The van der Waals surface area contributed by atoms with E-state index in [1.165, 1.54) is 6.42 Å². The molecule has 1 saturated heterocycles. The number of fused-ring (bicyclic) bond motifs is 1. The van der Waals surface area contributed by atoms with Gasteiger partial charge in [-0.3, -0.25) is 14.4 Å². The maximum atomic E-state index is 13.8. The zero-order valence-corrected chi connectivity index (χ0v) is 21.6. The number of rotatable bonds is 6. The van der Waals surface area contributed by atoms with Crippen LogP contribution in [0.1, 0.15) is 81.1 Å². The van der Waals surface area contributed by atoms with Crippen molar-refractivity contribution in [3.63, 3.8) is 0 Å². The number of H-pyrrole nitrogens is 1. The number of Topliss-reactive ketones (excluding diaryl/α,β-unsaturated/α-hetero) is 1. The average Bonchev–Trinajstić information content (AvgIpc) is 3.51. The van der Waals surface area contributed by atoms with Crippen LogP contribution in [0.15, 0.2) is 24.3 Å². The minimum atomic E-state index is -0.739. The van der Waals surface area contributed by atoms with Gasteiger partial charge in [0.2, 0.25) is 5.91 Å². The van der Waals surface area contributed by atoms with E-state index in [9.17, 15) is 19.6 Å². The van der Waals surface area contributed by atoms with E-state index in [1.807, 2.05) is 18.2 Å². The van der Waals surface area contributed by atoms with Crippen LogP contribution in [0.25, 0.3) is 10.9 Å². The Bertz CT molecular complexity index is 1220. The fourth-order valence-electron chi connectivity index (χ4n) is 6.74. The van der Waals surface area contributed by atoms with E-state index < -0.39 is 12.1 Å². The second-order valence-corrected chi connectivity index (χ2v) is 11.2. The summed E-state index contributed by atoms with van der Waals surface area (Å²) in [5.41, 5.74) is 1.16. The third kappa shape index (κ3) is 5.09. The summed E-state index contributed by atoms with van der Waals surface area (Å²) in [5, 5.41) is 13.5. The fourth-order valence-corrected chi connectivity index (χ4v) is 6.74. The van der Waals surface area contributed by atoms with Gasteiger partial charge in [-0.1, -0.05) is 31.7 Å². The Morgan fingerprint density at radius 3 is 2.78 bits per heavy atom. The molecule has 196 valence electrons. The third-order valence-corrected chi connectivity index (χ3v) is 8.73. The topological polar surface area (TPSA) is 115 Å². The lowest BCUT2D eigenvalue weighted by Gasteiger charge is -2.32. The van der Waals surface area contributed by atoms with Gasteiger partial charge in [-0.15, -0.1) is 0 Å². The van der Waals surface area contributed by atoms with Crippen LogP contribution in [0.3, 0.4) is 0 Å². The van der Waals surface area contributed by atoms with Crippen LogP contribution in [0.4, 0.5) is 0 Å². The number of nitriles is 1. The van der Waals surface area contributed by atoms with Crippen LogP contribution in [-0.2, 0) is 9.59 Å². The quantitative estimate of drug-likeness (QED) is 0.601.